The number of carboxylic acids is 1. The molecular weight excluding hydrogens is 258 g/mol. The van der Waals surface area contributed by atoms with Crippen molar-refractivity contribution in [3.63, 3.8) is 0 Å². The first-order valence-corrected chi connectivity index (χ1v) is 6.64. The molecule has 1 aromatic rings. The molecule has 1 saturated carbocycles. The molecule has 1 aliphatic carbocycles. The van der Waals surface area contributed by atoms with Crippen LogP contribution in [0.3, 0.4) is 0 Å². The van der Waals surface area contributed by atoms with Crippen molar-refractivity contribution in [2.24, 2.45) is 5.41 Å². The van der Waals surface area contributed by atoms with E-state index in [1.165, 1.54) is 6.92 Å². The first kappa shape index (κ1) is 14.5. The predicted octanol–water partition coefficient (Wildman–Crippen LogP) is 0.961. The average Bonchev–Trinajstić information content (AvgIpc) is 3.18. The normalized spacial score (nSPS) is 18.9. The van der Waals surface area contributed by atoms with E-state index in [1.807, 2.05) is 30.3 Å². The van der Waals surface area contributed by atoms with E-state index in [2.05, 4.69) is 5.32 Å². The second-order valence-electron chi connectivity index (χ2n) is 5.70. The summed E-state index contributed by atoms with van der Waals surface area (Å²) in [5.74, 6) is -1.52. The van der Waals surface area contributed by atoms with Crippen LogP contribution in [0, 0.1) is 5.41 Å². The maximum absolute atomic E-state index is 12.2. The van der Waals surface area contributed by atoms with Crippen molar-refractivity contribution in [2.75, 3.05) is 6.54 Å². The van der Waals surface area contributed by atoms with Gasteiger partial charge in [0.25, 0.3) is 0 Å². The number of nitrogens with one attached hydrogen (secondary N) is 1. The highest BCUT2D eigenvalue weighted by molar-refractivity contribution is 5.86. The fourth-order valence-electron chi connectivity index (χ4n) is 2.14. The van der Waals surface area contributed by atoms with Crippen LogP contribution in [0.2, 0.25) is 0 Å². The number of benzene rings is 1. The van der Waals surface area contributed by atoms with Crippen LogP contribution < -0.4 is 5.32 Å². The van der Waals surface area contributed by atoms with Crippen LogP contribution in [0.1, 0.15) is 25.3 Å². The third-order valence-corrected chi connectivity index (χ3v) is 3.77. The van der Waals surface area contributed by atoms with Gasteiger partial charge < -0.3 is 15.5 Å². The van der Waals surface area contributed by atoms with Gasteiger partial charge in [0.2, 0.25) is 5.91 Å². The topological polar surface area (TPSA) is 86.6 Å². The second kappa shape index (κ2) is 5.25. The summed E-state index contributed by atoms with van der Waals surface area (Å²) in [7, 11) is 0. The van der Waals surface area contributed by atoms with E-state index in [9.17, 15) is 14.7 Å². The molecule has 0 radical (unpaired) electrons. The van der Waals surface area contributed by atoms with E-state index in [0.29, 0.717) is 6.42 Å². The highest BCUT2D eigenvalue weighted by Gasteiger charge is 2.50. The van der Waals surface area contributed by atoms with Crippen LogP contribution in [-0.4, -0.2) is 34.2 Å². The van der Waals surface area contributed by atoms with E-state index in [-0.39, 0.29) is 12.5 Å². The SMILES string of the molecule is CC(O)(CNC(=O)C1(Cc2ccccc2)CC1)C(=O)O. The Bertz CT molecular complexity index is 506. The second-order valence-corrected chi connectivity index (χ2v) is 5.70. The zero-order valence-electron chi connectivity index (χ0n) is 11.4. The van der Waals surface area contributed by atoms with Crippen LogP contribution >= 0.6 is 0 Å². The number of carboxylic acid groups (broad SMARTS) is 1. The number of carbonyl (C=O) groups excluding carboxylic acids is 1. The van der Waals surface area contributed by atoms with E-state index in [0.717, 1.165) is 18.4 Å². The van der Waals surface area contributed by atoms with Crippen LogP contribution in [-0.2, 0) is 16.0 Å². The van der Waals surface area contributed by atoms with Crippen molar-refractivity contribution in [3.05, 3.63) is 35.9 Å². The van der Waals surface area contributed by atoms with Gasteiger partial charge in [-0.3, -0.25) is 4.79 Å². The lowest BCUT2D eigenvalue weighted by molar-refractivity contribution is -0.156. The number of carbonyl (C=O) groups is 2. The lowest BCUT2D eigenvalue weighted by Gasteiger charge is -2.21. The van der Waals surface area contributed by atoms with Crippen LogP contribution in [0.5, 0.6) is 0 Å². The summed E-state index contributed by atoms with van der Waals surface area (Å²) in [6, 6.07) is 9.73. The maximum Gasteiger partial charge on any atom is 0.337 e. The van der Waals surface area contributed by atoms with Crippen molar-refractivity contribution in [2.45, 2.75) is 31.8 Å². The van der Waals surface area contributed by atoms with Crippen LogP contribution in [0.15, 0.2) is 30.3 Å². The van der Waals surface area contributed by atoms with Crippen molar-refractivity contribution in [1.29, 1.82) is 0 Å². The summed E-state index contributed by atoms with van der Waals surface area (Å²) in [6.45, 7) is 0.893. The zero-order chi connectivity index (χ0) is 14.8. The Kier molecular flexibility index (Phi) is 3.81. The average molecular weight is 277 g/mol. The fraction of sp³-hybridized carbons (Fsp3) is 0.467. The Labute approximate surface area is 117 Å². The third kappa shape index (κ3) is 3.17. The van der Waals surface area contributed by atoms with E-state index < -0.39 is 17.0 Å². The summed E-state index contributed by atoms with van der Waals surface area (Å²) in [5, 5.41) is 21.0. The number of hydrogen-bond acceptors (Lipinski definition) is 3. The summed E-state index contributed by atoms with van der Waals surface area (Å²) >= 11 is 0. The largest absolute Gasteiger partial charge is 0.479 e. The van der Waals surface area contributed by atoms with Crippen molar-refractivity contribution >= 4 is 11.9 Å². The predicted molar refractivity (Wildman–Crippen MR) is 73.1 cm³/mol. The molecule has 1 atom stereocenters. The molecule has 1 unspecified atom stereocenters. The lowest BCUT2D eigenvalue weighted by atomic mass is 9.95. The van der Waals surface area contributed by atoms with E-state index in [4.69, 9.17) is 5.11 Å². The molecule has 5 heteroatoms. The van der Waals surface area contributed by atoms with Gasteiger partial charge >= 0.3 is 5.97 Å². The Balaban J connectivity index is 1.94. The highest BCUT2D eigenvalue weighted by atomic mass is 16.4. The molecule has 1 aliphatic rings. The molecule has 108 valence electrons. The monoisotopic (exact) mass is 277 g/mol. The smallest absolute Gasteiger partial charge is 0.337 e. The molecule has 0 spiro atoms. The molecule has 5 nitrogen and oxygen atoms in total. The Morgan fingerprint density at radius 2 is 1.90 bits per heavy atom. The number of amides is 1. The summed E-state index contributed by atoms with van der Waals surface area (Å²) in [4.78, 5) is 23.0. The molecule has 0 aliphatic heterocycles. The lowest BCUT2D eigenvalue weighted by Crippen LogP contribution is -2.48. The quantitative estimate of drug-likeness (QED) is 0.723. The van der Waals surface area contributed by atoms with Gasteiger partial charge in [-0.2, -0.15) is 0 Å². The Morgan fingerprint density at radius 3 is 2.40 bits per heavy atom. The zero-order valence-corrected chi connectivity index (χ0v) is 11.4. The van der Waals surface area contributed by atoms with Gasteiger partial charge in [0.05, 0.1) is 12.0 Å². The molecule has 0 aromatic heterocycles. The minimum absolute atomic E-state index is 0.178. The first-order chi connectivity index (χ1) is 9.36. The molecule has 1 fully saturated rings. The Morgan fingerprint density at radius 1 is 1.30 bits per heavy atom. The van der Waals surface area contributed by atoms with Gasteiger partial charge in [-0.05, 0) is 31.7 Å². The number of aliphatic hydroxyl groups is 1. The molecule has 2 rings (SSSR count). The van der Waals surface area contributed by atoms with Crippen LogP contribution in [0.25, 0.3) is 0 Å². The maximum atomic E-state index is 12.2. The minimum atomic E-state index is -1.93. The summed E-state index contributed by atoms with van der Waals surface area (Å²) in [5.41, 5.74) is -1.28. The number of rotatable bonds is 6. The van der Waals surface area contributed by atoms with E-state index in [1.54, 1.807) is 0 Å². The standard InChI is InChI=1S/C15H19NO4/c1-14(20,13(18)19)10-16-12(17)15(7-8-15)9-11-5-3-2-4-6-11/h2-6,20H,7-10H2,1H3,(H,16,17)(H,18,19). The van der Waals surface area contributed by atoms with Gasteiger partial charge in [0.1, 0.15) is 0 Å². The number of hydrogen-bond donors (Lipinski definition) is 3. The molecule has 1 aromatic carbocycles. The highest BCUT2D eigenvalue weighted by Crippen LogP contribution is 2.48. The van der Waals surface area contributed by atoms with Gasteiger partial charge in [0, 0.05) is 0 Å². The van der Waals surface area contributed by atoms with Crippen LogP contribution in [0.4, 0.5) is 0 Å². The number of aliphatic carboxylic acids is 1. The third-order valence-electron chi connectivity index (χ3n) is 3.77. The Hall–Kier alpha value is -1.88. The molecule has 0 bridgehead atoms. The molecule has 0 heterocycles. The van der Waals surface area contributed by atoms with Gasteiger partial charge in [-0.1, -0.05) is 30.3 Å². The molecule has 20 heavy (non-hydrogen) atoms. The van der Waals surface area contributed by atoms with Gasteiger partial charge in [-0.25, -0.2) is 4.79 Å². The van der Waals surface area contributed by atoms with Gasteiger partial charge in [0.15, 0.2) is 5.60 Å². The molecular formula is C15H19NO4. The minimum Gasteiger partial charge on any atom is -0.479 e. The van der Waals surface area contributed by atoms with Crippen molar-refractivity contribution in [3.8, 4) is 0 Å². The summed E-state index contributed by atoms with van der Waals surface area (Å²) < 4.78 is 0. The molecule has 1 amide bonds. The first-order valence-electron chi connectivity index (χ1n) is 6.64. The fourth-order valence-corrected chi connectivity index (χ4v) is 2.14. The van der Waals surface area contributed by atoms with Crippen molar-refractivity contribution in [1.82, 2.24) is 5.32 Å². The molecule has 3 N–H and O–H groups in total. The van der Waals surface area contributed by atoms with E-state index >= 15 is 0 Å². The molecule has 0 saturated heterocycles. The van der Waals surface area contributed by atoms with Gasteiger partial charge in [-0.15, -0.1) is 0 Å². The summed E-state index contributed by atoms with van der Waals surface area (Å²) in [6.07, 6.45) is 2.24. The van der Waals surface area contributed by atoms with Crippen molar-refractivity contribution < 1.29 is 19.8 Å².